The highest BCUT2D eigenvalue weighted by molar-refractivity contribution is 5.86. The van der Waals surface area contributed by atoms with Gasteiger partial charge in [-0.25, -0.2) is 9.18 Å². The van der Waals surface area contributed by atoms with Gasteiger partial charge in [0.05, 0.1) is 11.6 Å². The SMILES string of the molecule is N#Cc1cccc(Oc2c(F)cccc2/C=C/C(=O)O)c1. The molecule has 0 amide bonds. The van der Waals surface area contributed by atoms with Crippen LogP contribution in [0.2, 0.25) is 0 Å². The third-order valence-electron chi connectivity index (χ3n) is 2.59. The summed E-state index contributed by atoms with van der Waals surface area (Å²) in [4.78, 5) is 10.6. The van der Waals surface area contributed by atoms with Gasteiger partial charge in [0.1, 0.15) is 5.75 Å². The van der Waals surface area contributed by atoms with E-state index in [1.807, 2.05) is 6.07 Å². The van der Waals surface area contributed by atoms with Crippen molar-refractivity contribution in [1.29, 1.82) is 5.26 Å². The number of nitriles is 1. The Hall–Kier alpha value is -3.13. The Labute approximate surface area is 120 Å². The summed E-state index contributed by atoms with van der Waals surface area (Å²) in [5.74, 6) is -1.56. The second-order valence-corrected chi connectivity index (χ2v) is 4.07. The summed E-state index contributed by atoms with van der Waals surface area (Å²) in [6.07, 6.45) is 2.14. The number of aliphatic carboxylic acids is 1. The Morgan fingerprint density at radius 3 is 2.76 bits per heavy atom. The Bertz CT molecular complexity index is 747. The van der Waals surface area contributed by atoms with E-state index in [0.717, 1.165) is 6.08 Å². The number of hydrogen-bond acceptors (Lipinski definition) is 3. The molecule has 0 unspecified atom stereocenters. The van der Waals surface area contributed by atoms with Crippen molar-refractivity contribution in [1.82, 2.24) is 0 Å². The molecule has 0 saturated carbocycles. The number of carboxylic acids is 1. The van der Waals surface area contributed by atoms with Crippen molar-refractivity contribution in [3.8, 4) is 17.6 Å². The maximum absolute atomic E-state index is 13.9. The molecular formula is C16H10FNO3. The van der Waals surface area contributed by atoms with Gasteiger partial charge in [-0.15, -0.1) is 0 Å². The van der Waals surface area contributed by atoms with Crippen LogP contribution in [0.1, 0.15) is 11.1 Å². The minimum Gasteiger partial charge on any atom is -0.478 e. The lowest BCUT2D eigenvalue weighted by Gasteiger charge is -2.10. The van der Waals surface area contributed by atoms with Gasteiger partial charge in [-0.05, 0) is 30.3 Å². The molecule has 0 saturated heterocycles. The standard InChI is InChI=1S/C16H10FNO3/c17-14-6-2-4-12(7-8-15(19)20)16(14)21-13-5-1-3-11(9-13)10-18/h1-9H,(H,19,20)/b8-7+. The highest BCUT2D eigenvalue weighted by Crippen LogP contribution is 2.29. The molecule has 0 aliphatic carbocycles. The van der Waals surface area contributed by atoms with Gasteiger partial charge < -0.3 is 9.84 Å². The lowest BCUT2D eigenvalue weighted by Crippen LogP contribution is -1.93. The molecular weight excluding hydrogens is 273 g/mol. The molecule has 0 atom stereocenters. The smallest absolute Gasteiger partial charge is 0.328 e. The van der Waals surface area contributed by atoms with Crippen LogP contribution < -0.4 is 4.74 Å². The number of benzene rings is 2. The Balaban J connectivity index is 2.39. The van der Waals surface area contributed by atoms with Crippen LogP contribution in [0.5, 0.6) is 11.5 Å². The van der Waals surface area contributed by atoms with E-state index in [0.29, 0.717) is 16.9 Å². The van der Waals surface area contributed by atoms with Crippen LogP contribution in [0.15, 0.2) is 48.5 Å². The quantitative estimate of drug-likeness (QED) is 0.870. The van der Waals surface area contributed by atoms with Crippen molar-refractivity contribution < 1.29 is 19.0 Å². The van der Waals surface area contributed by atoms with Gasteiger partial charge in [-0.1, -0.05) is 18.2 Å². The van der Waals surface area contributed by atoms with Gasteiger partial charge >= 0.3 is 5.97 Å². The second kappa shape index (κ2) is 6.35. The first-order valence-corrected chi connectivity index (χ1v) is 5.97. The maximum Gasteiger partial charge on any atom is 0.328 e. The van der Waals surface area contributed by atoms with E-state index in [1.165, 1.54) is 30.3 Å². The lowest BCUT2D eigenvalue weighted by molar-refractivity contribution is -0.131. The zero-order chi connectivity index (χ0) is 15.2. The molecule has 0 aromatic heterocycles. The van der Waals surface area contributed by atoms with Crippen molar-refractivity contribution >= 4 is 12.0 Å². The average Bonchev–Trinajstić information content (AvgIpc) is 2.48. The largest absolute Gasteiger partial charge is 0.478 e. The van der Waals surface area contributed by atoms with Crippen molar-refractivity contribution in [3.63, 3.8) is 0 Å². The van der Waals surface area contributed by atoms with Gasteiger partial charge in [0.2, 0.25) is 0 Å². The van der Waals surface area contributed by atoms with E-state index < -0.39 is 11.8 Å². The summed E-state index contributed by atoms with van der Waals surface area (Å²) in [6.45, 7) is 0. The number of nitrogens with zero attached hydrogens (tertiary/aromatic N) is 1. The fourth-order valence-electron chi connectivity index (χ4n) is 1.67. The molecule has 0 bridgehead atoms. The number of ether oxygens (including phenoxy) is 1. The number of rotatable bonds is 4. The molecule has 1 N–H and O–H groups in total. The minimum absolute atomic E-state index is 0.0925. The zero-order valence-corrected chi connectivity index (χ0v) is 10.8. The van der Waals surface area contributed by atoms with Gasteiger partial charge in [0.15, 0.2) is 11.6 Å². The molecule has 0 fully saturated rings. The lowest BCUT2D eigenvalue weighted by atomic mass is 10.1. The molecule has 0 aliphatic heterocycles. The monoisotopic (exact) mass is 283 g/mol. The Morgan fingerprint density at radius 1 is 1.29 bits per heavy atom. The van der Waals surface area contributed by atoms with Crippen LogP contribution in [0.25, 0.3) is 6.08 Å². The molecule has 2 rings (SSSR count). The number of para-hydroxylation sites is 1. The van der Waals surface area contributed by atoms with Crippen molar-refractivity contribution in [2.75, 3.05) is 0 Å². The average molecular weight is 283 g/mol. The third kappa shape index (κ3) is 3.67. The number of halogens is 1. The van der Waals surface area contributed by atoms with Crippen LogP contribution >= 0.6 is 0 Å². The molecule has 104 valence electrons. The number of hydrogen-bond donors (Lipinski definition) is 1. The highest BCUT2D eigenvalue weighted by atomic mass is 19.1. The fraction of sp³-hybridized carbons (Fsp3) is 0. The molecule has 21 heavy (non-hydrogen) atoms. The van der Waals surface area contributed by atoms with Gasteiger partial charge in [0, 0.05) is 11.6 Å². The molecule has 0 heterocycles. The summed E-state index contributed by atoms with van der Waals surface area (Å²) in [7, 11) is 0. The number of carboxylic acid groups (broad SMARTS) is 1. The Kier molecular flexibility index (Phi) is 4.32. The fourth-order valence-corrected chi connectivity index (χ4v) is 1.67. The highest BCUT2D eigenvalue weighted by Gasteiger charge is 2.10. The van der Waals surface area contributed by atoms with Crippen molar-refractivity contribution in [3.05, 3.63) is 65.5 Å². The van der Waals surface area contributed by atoms with Crippen LogP contribution in [0, 0.1) is 17.1 Å². The number of carbonyl (C=O) groups is 1. The summed E-state index contributed by atoms with van der Waals surface area (Å²) in [6, 6.07) is 12.4. The van der Waals surface area contributed by atoms with E-state index >= 15 is 0 Å². The molecule has 0 radical (unpaired) electrons. The summed E-state index contributed by atoms with van der Waals surface area (Å²) >= 11 is 0. The molecule has 2 aromatic carbocycles. The van der Waals surface area contributed by atoms with Crippen LogP contribution in [-0.4, -0.2) is 11.1 Å². The van der Waals surface area contributed by atoms with E-state index in [-0.39, 0.29) is 5.75 Å². The summed E-state index contributed by atoms with van der Waals surface area (Å²) in [5, 5.41) is 17.5. The van der Waals surface area contributed by atoms with Crippen LogP contribution in [0.4, 0.5) is 4.39 Å². The molecule has 0 aliphatic rings. The predicted molar refractivity (Wildman–Crippen MR) is 74.3 cm³/mol. The molecule has 5 heteroatoms. The second-order valence-electron chi connectivity index (χ2n) is 4.07. The van der Waals surface area contributed by atoms with Crippen molar-refractivity contribution in [2.24, 2.45) is 0 Å². The first kappa shape index (κ1) is 14.3. The van der Waals surface area contributed by atoms with E-state index in [1.54, 1.807) is 18.2 Å². The normalized spacial score (nSPS) is 10.3. The van der Waals surface area contributed by atoms with E-state index in [2.05, 4.69) is 0 Å². The third-order valence-corrected chi connectivity index (χ3v) is 2.59. The minimum atomic E-state index is -1.14. The van der Waals surface area contributed by atoms with Gasteiger partial charge in [-0.3, -0.25) is 0 Å². The van der Waals surface area contributed by atoms with Crippen molar-refractivity contribution in [2.45, 2.75) is 0 Å². The first-order chi connectivity index (χ1) is 10.1. The predicted octanol–water partition coefficient (Wildman–Crippen LogP) is 3.59. The zero-order valence-electron chi connectivity index (χ0n) is 10.8. The first-order valence-electron chi connectivity index (χ1n) is 5.97. The van der Waals surface area contributed by atoms with Crippen LogP contribution in [0.3, 0.4) is 0 Å². The summed E-state index contributed by atoms with van der Waals surface area (Å²) < 4.78 is 19.3. The maximum atomic E-state index is 13.9. The van der Waals surface area contributed by atoms with Gasteiger partial charge in [0.25, 0.3) is 0 Å². The Morgan fingerprint density at radius 2 is 2.05 bits per heavy atom. The topological polar surface area (TPSA) is 70.3 Å². The van der Waals surface area contributed by atoms with Crippen LogP contribution in [-0.2, 0) is 4.79 Å². The molecule has 2 aromatic rings. The van der Waals surface area contributed by atoms with E-state index in [4.69, 9.17) is 15.1 Å². The molecule has 0 spiro atoms. The molecule has 4 nitrogen and oxygen atoms in total. The van der Waals surface area contributed by atoms with E-state index in [9.17, 15) is 9.18 Å². The summed E-state index contributed by atoms with van der Waals surface area (Å²) in [5.41, 5.74) is 0.672. The van der Waals surface area contributed by atoms with Gasteiger partial charge in [-0.2, -0.15) is 5.26 Å².